The van der Waals surface area contributed by atoms with Gasteiger partial charge in [0, 0.05) is 5.57 Å². The fourth-order valence-electron chi connectivity index (χ4n) is 2.90. The number of aromatic hydroxyl groups is 1. The molecule has 0 bridgehead atoms. The Kier molecular flexibility index (Phi) is 7.75. The molecule has 7 heteroatoms. The molecule has 1 aliphatic rings. The summed E-state index contributed by atoms with van der Waals surface area (Å²) < 4.78 is 0. The van der Waals surface area contributed by atoms with Crippen molar-refractivity contribution < 1.29 is 24.6 Å². The van der Waals surface area contributed by atoms with E-state index in [1.807, 2.05) is 25.1 Å². The molecule has 30 heavy (non-hydrogen) atoms. The van der Waals surface area contributed by atoms with Crippen LogP contribution < -0.4 is 10.0 Å². The summed E-state index contributed by atoms with van der Waals surface area (Å²) in [6.07, 6.45) is 2.31. The van der Waals surface area contributed by atoms with Gasteiger partial charge in [-0.1, -0.05) is 44.5 Å². The highest BCUT2D eigenvalue weighted by Crippen LogP contribution is 2.34. The van der Waals surface area contributed by atoms with Crippen LogP contribution in [0.25, 0.3) is 0 Å². The van der Waals surface area contributed by atoms with Crippen molar-refractivity contribution >= 4 is 29.2 Å². The quantitative estimate of drug-likeness (QED) is 0.551. The molecule has 7 nitrogen and oxygen atoms in total. The number of carbonyl (C=O) groups is 3. The van der Waals surface area contributed by atoms with Crippen LogP contribution in [-0.4, -0.2) is 28.0 Å². The molecule has 1 aliphatic heterocycles. The summed E-state index contributed by atoms with van der Waals surface area (Å²) in [5.74, 6) is -1.89. The number of hydrogen-bond donors (Lipinski definition) is 2. The van der Waals surface area contributed by atoms with Gasteiger partial charge in [-0.05, 0) is 49.7 Å². The first-order chi connectivity index (χ1) is 14.3. The lowest BCUT2D eigenvalue weighted by molar-refractivity contribution is -0.132. The molecular formula is C23H26N2O5. The Labute approximate surface area is 175 Å². The van der Waals surface area contributed by atoms with Gasteiger partial charge in [0.1, 0.15) is 11.7 Å². The number of anilines is 2. The van der Waals surface area contributed by atoms with E-state index in [9.17, 15) is 19.5 Å². The molecule has 0 spiro atoms. The number of nitrogens with zero attached hydrogens (tertiary/aromatic N) is 2. The van der Waals surface area contributed by atoms with Gasteiger partial charge in [0.15, 0.2) is 0 Å². The van der Waals surface area contributed by atoms with Crippen LogP contribution in [0.3, 0.4) is 0 Å². The molecule has 0 saturated carbocycles. The van der Waals surface area contributed by atoms with Crippen molar-refractivity contribution in [1.82, 2.24) is 0 Å². The minimum absolute atomic E-state index is 0.116. The van der Waals surface area contributed by atoms with E-state index in [0.29, 0.717) is 17.8 Å². The van der Waals surface area contributed by atoms with E-state index >= 15 is 0 Å². The number of hydrazine groups is 1. The average Bonchev–Trinajstić information content (AvgIpc) is 2.98. The Hall–Kier alpha value is -3.61. The lowest BCUT2D eigenvalue weighted by Crippen LogP contribution is -2.41. The molecule has 158 valence electrons. The van der Waals surface area contributed by atoms with Crippen molar-refractivity contribution in [2.75, 3.05) is 10.0 Å². The highest BCUT2D eigenvalue weighted by atomic mass is 16.4. The minimum atomic E-state index is -0.935. The van der Waals surface area contributed by atoms with Gasteiger partial charge in [-0.15, -0.1) is 0 Å². The second-order valence-corrected chi connectivity index (χ2v) is 6.93. The predicted molar refractivity (Wildman–Crippen MR) is 115 cm³/mol. The number of unbranched alkanes of at least 4 members (excludes halogenated alkanes) is 1. The van der Waals surface area contributed by atoms with Crippen LogP contribution in [0.1, 0.15) is 33.1 Å². The maximum Gasteiger partial charge on any atom is 0.330 e. The van der Waals surface area contributed by atoms with E-state index < -0.39 is 11.9 Å². The van der Waals surface area contributed by atoms with E-state index in [-0.39, 0.29) is 23.1 Å². The molecule has 2 aromatic carbocycles. The van der Waals surface area contributed by atoms with E-state index in [0.717, 1.165) is 12.8 Å². The second-order valence-electron chi connectivity index (χ2n) is 6.93. The van der Waals surface area contributed by atoms with Gasteiger partial charge in [0.2, 0.25) is 0 Å². The Balaban J connectivity index is 0.000000469. The maximum atomic E-state index is 12.9. The first kappa shape index (κ1) is 22.7. The number of carbonyl (C=O) groups excluding carboxylic acids is 2. The number of amides is 2. The lowest BCUT2D eigenvalue weighted by atomic mass is 10.0. The van der Waals surface area contributed by atoms with Crippen LogP contribution in [0.4, 0.5) is 11.4 Å². The lowest BCUT2D eigenvalue weighted by Gasteiger charge is -2.27. The van der Waals surface area contributed by atoms with Crippen molar-refractivity contribution in [2.24, 2.45) is 5.92 Å². The largest absolute Gasteiger partial charge is 0.508 e. The molecule has 1 atom stereocenters. The summed E-state index contributed by atoms with van der Waals surface area (Å²) >= 11 is 0. The van der Waals surface area contributed by atoms with Crippen LogP contribution in [0.2, 0.25) is 0 Å². The Morgan fingerprint density at radius 2 is 1.43 bits per heavy atom. The minimum Gasteiger partial charge on any atom is -0.508 e. The first-order valence-electron chi connectivity index (χ1n) is 9.68. The topological polar surface area (TPSA) is 98.2 Å². The molecule has 1 fully saturated rings. The number of benzene rings is 2. The molecule has 3 rings (SSSR count). The summed E-state index contributed by atoms with van der Waals surface area (Å²) in [6.45, 7) is 6.64. The van der Waals surface area contributed by atoms with Crippen molar-refractivity contribution in [3.63, 3.8) is 0 Å². The highest BCUT2D eigenvalue weighted by molar-refractivity contribution is 6.23. The maximum absolute atomic E-state index is 12.9. The predicted octanol–water partition coefficient (Wildman–Crippen LogP) is 4.14. The normalized spacial score (nSPS) is 15.6. The molecule has 0 aromatic heterocycles. The van der Waals surface area contributed by atoms with Crippen molar-refractivity contribution in [2.45, 2.75) is 33.1 Å². The molecule has 2 amide bonds. The molecule has 1 heterocycles. The number of rotatable bonds is 6. The summed E-state index contributed by atoms with van der Waals surface area (Å²) in [5.41, 5.74) is 1.40. The fraction of sp³-hybridized carbons (Fsp3) is 0.261. The summed E-state index contributed by atoms with van der Waals surface area (Å²) in [5, 5.41) is 20.2. The molecule has 1 saturated heterocycles. The van der Waals surface area contributed by atoms with Gasteiger partial charge in [-0.25, -0.2) is 14.8 Å². The number of aliphatic carboxylic acids is 1. The van der Waals surface area contributed by atoms with Gasteiger partial charge >= 0.3 is 5.97 Å². The van der Waals surface area contributed by atoms with Crippen molar-refractivity contribution in [1.29, 1.82) is 0 Å². The van der Waals surface area contributed by atoms with E-state index in [2.05, 4.69) is 6.58 Å². The monoisotopic (exact) mass is 410 g/mol. The summed E-state index contributed by atoms with van der Waals surface area (Å²) in [7, 11) is 0. The number of phenolic OH excluding ortho intramolecular Hbond substituents is 1. The van der Waals surface area contributed by atoms with Crippen LogP contribution in [-0.2, 0) is 14.4 Å². The molecule has 0 radical (unpaired) electrons. The van der Waals surface area contributed by atoms with Crippen LogP contribution in [0.5, 0.6) is 5.75 Å². The number of hydrogen-bond acceptors (Lipinski definition) is 4. The van der Waals surface area contributed by atoms with Crippen LogP contribution >= 0.6 is 0 Å². The van der Waals surface area contributed by atoms with Crippen molar-refractivity contribution in [3.8, 4) is 5.75 Å². The Morgan fingerprint density at radius 3 is 1.87 bits per heavy atom. The zero-order valence-electron chi connectivity index (χ0n) is 17.1. The molecule has 0 aliphatic carbocycles. The molecule has 2 aromatic rings. The molecule has 1 unspecified atom stereocenters. The van der Waals surface area contributed by atoms with E-state index in [1.54, 1.807) is 24.3 Å². The second kappa shape index (κ2) is 10.2. The van der Waals surface area contributed by atoms with E-state index in [1.165, 1.54) is 29.1 Å². The third-order valence-corrected chi connectivity index (χ3v) is 4.52. The van der Waals surface area contributed by atoms with Crippen molar-refractivity contribution in [3.05, 3.63) is 66.7 Å². The third kappa shape index (κ3) is 5.26. The fourth-order valence-corrected chi connectivity index (χ4v) is 2.90. The Morgan fingerprint density at radius 1 is 0.967 bits per heavy atom. The molecule has 2 N–H and O–H groups in total. The standard InChI is InChI=1S/C19H20N2O3.C4H6O2/c1-2-3-9-17-18(23)20(14-7-5-4-6-8-14)21(19(17)24)15-10-12-16(22)13-11-15;1-3(2)4(5)6/h4-8,10-13,17,22H,2-3,9H2,1H3;1H2,2H3,(H,5,6). The van der Waals surface area contributed by atoms with Gasteiger partial charge < -0.3 is 10.2 Å². The number of para-hydroxylation sites is 1. The SMILES string of the molecule is C=C(C)C(=O)O.CCCCC1C(=O)N(c2ccccc2)N(c2ccc(O)cc2)C1=O. The number of phenols is 1. The van der Waals surface area contributed by atoms with Gasteiger partial charge in [-0.3, -0.25) is 9.59 Å². The zero-order chi connectivity index (χ0) is 22.3. The van der Waals surface area contributed by atoms with Gasteiger partial charge in [0.05, 0.1) is 11.4 Å². The first-order valence-corrected chi connectivity index (χ1v) is 9.68. The summed E-state index contributed by atoms with van der Waals surface area (Å²) in [6, 6.07) is 15.4. The number of carboxylic acids is 1. The van der Waals surface area contributed by atoms with Gasteiger partial charge in [-0.2, -0.15) is 0 Å². The number of carboxylic acid groups (broad SMARTS) is 1. The highest BCUT2D eigenvalue weighted by Gasteiger charge is 2.46. The third-order valence-electron chi connectivity index (χ3n) is 4.52. The Bertz CT molecular complexity index is 897. The smallest absolute Gasteiger partial charge is 0.330 e. The van der Waals surface area contributed by atoms with Crippen LogP contribution in [0.15, 0.2) is 66.7 Å². The van der Waals surface area contributed by atoms with Gasteiger partial charge in [0.25, 0.3) is 11.8 Å². The zero-order valence-corrected chi connectivity index (χ0v) is 17.1. The van der Waals surface area contributed by atoms with Crippen LogP contribution in [0, 0.1) is 5.92 Å². The average molecular weight is 410 g/mol. The summed E-state index contributed by atoms with van der Waals surface area (Å²) in [4.78, 5) is 35.4. The molecular weight excluding hydrogens is 384 g/mol. The van der Waals surface area contributed by atoms with E-state index in [4.69, 9.17) is 5.11 Å².